The zero-order valence-electron chi connectivity index (χ0n) is 25.6. The lowest BCUT2D eigenvalue weighted by atomic mass is 9.91. The van der Waals surface area contributed by atoms with Crippen LogP contribution < -0.4 is 15.4 Å². The molecule has 1 aliphatic heterocycles. The van der Waals surface area contributed by atoms with Crippen LogP contribution in [0.25, 0.3) is 0 Å². The summed E-state index contributed by atoms with van der Waals surface area (Å²) < 4.78 is 37.1. The lowest BCUT2D eigenvalue weighted by Crippen LogP contribution is -2.52. The Bertz CT molecular complexity index is 1820. The van der Waals surface area contributed by atoms with Gasteiger partial charge in [0.1, 0.15) is 17.6 Å². The maximum Gasteiger partial charge on any atom is 0.285 e. The van der Waals surface area contributed by atoms with E-state index in [0.717, 1.165) is 16.8 Å². The number of nitrogens with zero attached hydrogens (tertiary/aromatic N) is 3. The number of sulfonamides is 1. The van der Waals surface area contributed by atoms with Crippen molar-refractivity contribution in [3.63, 3.8) is 0 Å². The van der Waals surface area contributed by atoms with Crippen LogP contribution >= 0.6 is 34.8 Å². The fraction of sp³-hybridized carbons (Fsp3) is 0.235. The van der Waals surface area contributed by atoms with Gasteiger partial charge in [0.25, 0.3) is 10.0 Å². The van der Waals surface area contributed by atoms with Crippen molar-refractivity contribution >= 4 is 56.5 Å². The molecule has 0 saturated heterocycles. The van der Waals surface area contributed by atoms with Gasteiger partial charge in [-0.25, -0.2) is 5.01 Å². The van der Waals surface area contributed by atoms with Crippen LogP contribution in [0.15, 0.2) is 118 Å². The predicted molar refractivity (Wildman–Crippen MR) is 188 cm³/mol. The van der Waals surface area contributed by atoms with E-state index < -0.39 is 21.9 Å². The molecule has 4 aromatic carbocycles. The highest BCUT2D eigenvalue weighted by molar-refractivity contribution is 7.90. The average Bonchev–Trinajstić information content (AvgIpc) is 3.50. The normalized spacial score (nSPS) is 16.1. The molecule has 13 heteroatoms. The molecule has 0 radical (unpaired) electrons. The van der Waals surface area contributed by atoms with Gasteiger partial charge in [-0.15, -0.1) is 4.40 Å². The summed E-state index contributed by atoms with van der Waals surface area (Å²) in [5, 5.41) is 25.1. The maximum absolute atomic E-state index is 13.5. The lowest BCUT2D eigenvalue weighted by Gasteiger charge is -2.32. The molecule has 1 heterocycles. The van der Waals surface area contributed by atoms with Gasteiger partial charge in [-0.3, -0.25) is 5.32 Å². The van der Waals surface area contributed by atoms with E-state index in [9.17, 15) is 13.5 Å². The molecule has 1 aliphatic rings. The number of hydrogen-bond donors (Lipinski definition) is 3. The first kappa shape index (κ1) is 34.7. The minimum Gasteiger partial charge on any atom is -0.484 e. The maximum atomic E-state index is 13.5. The summed E-state index contributed by atoms with van der Waals surface area (Å²) in [6, 6.07) is 29.8. The second-order valence-electron chi connectivity index (χ2n) is 11.3. The highest BCUT2D eigenvalue weighted by Gasteiger charge is 2.33. The molecule has 0 amide bonds. The van der Waals surface area contributed by atoms with Crippen LogP contribution in [0.1, 0.15) is 30.9 Å². The van der Waals surface area contributed by atoms with Crippen molar-refractivity contribution < 1.29 is 18.3 Å². The molecule has 5 rings (SSSR count). The summed E-state index contributed by atoms with van der Waals surface area (Å²) in [5.74, 6) is 0.391. The minimum atomic E-state index is -4.16. The second kappa shape index (κ2) is 15.1. The molecule has 246 valence electrons. The topological polar surface area (TPSA) is 116 Å². The van der Waals surface area contributed by atoms with E-state index in [4.69, 9.17) is 44.6 Å². The van der Waals surface area contributed by atoms with Crippen LogP contribution in [0, 0.1) is 0 Å². The number of aliphatic hydroxyl groups excluding tert-OH is 1. The summed E-state index contributed by atoms with van der Waals surface area (Å²) in [4.78, 5) is -0.0171. The van der Waals surface area contributed by atoms with E-state index in [1.807, 2.05) is 42.5 Å². The van der Waals surface area contributed by atoms with Crippen molar-refractivity contribution in [2.75, 3.05) is 19.6 Å². The van der Waals surface area contributed by atoms with Gasteiger partial charge in [-0.1, -0.05) is 77.3 Å². The Kier molecular flexibility index (Phi) is 11.1. The smallest absolute Gasteiger partial charge is 0.285 e. The first-order valence-corrected chi connectivity index (χ1v) is 17.4. The van der Waals surface area contributed by atoms with Gasteiger partial charge in [0.2, 0.25) is 5.96 Å². The molecule has 47 heavy (non-hydrogen) atoms. The summed E-state index contributed by atoms with van der Waals surface area (Å²) >= 11 is 18.1. The Balaban J connectivity index is 1.38. The molecule has 2 atom stereocenters. The fourth-order valence-electron chi connectivity index (χ4n) is 4.90. The van der Waals surface area contributed by atoms with Gasteiger partial charge in [0, 0.05) is 34.1 Å². The molecule has 0 aliphatic carbocycles. The molecular weight excluding hydrogens is 681 g/mol. The highest BCUT2D eigenvalue weighted by Crippen LogP contribution is 2.30. The standard InChI is InChI=1S/C34H34Cl3N5O4S/c1-34(2,46-28-16-12-26(36)13-17-28)32(43)38-20-21-39-33(41-47(44,45)29-18-14-27(37)15-19-29)42-22-30(23-6-4-3-5-7-23)31(40-42)24-8-10-25(35)11-9-24/h3-19,30,32,38,43H,20-22H2,1-2H3,(H,39,41). The van der Waals surface area contributed by atoms with Crippen LogP contribution in [-0.2, 0) is 10.0 Å². The van der Waals surface area contributed by atoms with Gasteiger partial charge in [0.15, 0.2) is 0 Å². The largest absolute Gasteiger partial charge is 0.484 e. The number of guanidine groups is 1. The molecule has 2 unspecified atom stereocenters. The highest BCUT2D eigenvalue weighted by atomic mass is 35.5. The van der Waals surface area contributed by atoms with Gasteiger partial charge >= 0.3 is 0 Å². The Labute approximate surface area is 289 Å². The third-order valence-corrected chi connectivity index (χ3v) is 9.45. The summed E-state index contributed by atoms with van der Waals surface area (Å²) in [6.07, 6.45) is -1.07. The Morgan fingerprint density at radius 1 is 0.915 bits per heavy atom. The van der Waals surface area contributed by atoms with Crippen LogP contribution in [0.2, 0.25) is 15.1 Å². The number of rotatable bonds is 11. The molecule has 4 aromatic rings. The van der Waals surface area contributed by atoms with Crippen molar-refractivity contribution in [2.45, 2.75) is 36.5 Å². The van der Waals surface area contributed by atoms with Gasteiger partial charge in [0.05, 0.1) is 17.2 Å². The Morgan fingerprint density at radius 2 is 1.49 bits per heavy atom. The third-order valence-electron chi connectivity index (χ3n) is 7.42. The SMILES string of the molecule is CC(C)(Oc1ccc(Cl)cc1)C(O)NCCN/C(=N/S(=O)(=O)c1ccc(Cl)cc1)N1CC(c2ccccc2)C(c2ccc(Cl)cc2)=N1. The van der Waals surface area contributed by atoms with Crippen LogP contribution in [-0.4, -0.2) is 61.7 Å². The fourth-order valence-corrected chi connectivity index (χ4v) is 6.25. The predicted octanol–water partition coefficient (Wildman–Crippen LogP) is 6.55. The van der Waals surface area contributed by atoms with E-state index in [2.05, 4.69) is 15.0 Å². The number of nitrogens with one attached hydrogen (secondary N) is 2. The van der Waals surface area contributed by atoms with Crippen LogP contribution in [0.4, 0.5) is 0 Å². The first-order valence-electron chi connectivity index (χ1n) is 14.8. The minimum absolute atomic E-state index is 0.0171. The quantitative estimate of drug-likeness (QED) is 0.0699. The number of hydrogen-bond acceptors (Lipinski definition) is 6. The Hall–Kier alpha value is -3.64. The third kappa shape index (κ3) is 9.04. The van der Waals surface area contributed by atoms with Crippen molar-refractivity contribution in [3.8, 4) is 5.75 Å². The van der Waals surface area contributed by atoms with Crippen molar-refractivity contribution in [2.24, 2.45) is 9.50 Å². The molecular formula is C34H34Cl3N5O4S. The number of benzene rings is 4. The number of ether oxygens (including phenoxy) is 1. The average molecular weight is 715 g/mol. The molecule has 0 aromatic heterocycles. The van der Waals surface area contributed by atoms with E-state index in [1.165, 1.54) is 24.3 Å². The molecule has 9 nitrogen and oxygen atoms in total. The van der Waals surface area contributed by atoms with Crippen molar-refractivity contribution in [1.82, 2.24) is 15.6 Å². The van der Waals surface area contributed by atoms with Gasteiger partial charge < -0.3 is 15.2 Å². The van der Waals surface area contributed by atoms with E-state index in [-0.39, 0.29) is 29.9 Å². The Morgan fingerprint density at radius 3 is 2.11 bits per heavy atom. The first-order chi connectivity index (χ1) is 22.4. The van der Waals surface area contributed by atoms with E-state index in [0.29, 0.717) is 27.4 Å². The van der Waals surface area contributed by atoms with E-state index >= 15 is 0 Å². The van der Waals surface area contributed by atoms with E-state index in [1.54, 1.807) is 55.3 Å². The molecule has 0 fully saturated rings. The molecule has 3 N–H and O–H groups in total. The summed E-state index contributed by atoms with van der Waals surface area (Å²) in [5.41, 5.74) is 1.59. The second-order valence-corrected chi connectivity index (χ2v) is 14.2. The number of halogens is 3. The van der Waals surface area contributed by atoms with Gasteiger partial charge in [-0.2, -0.15) is 13.5 Å². The van der Waals surface area contributed by atoms with Gasteiger partial charge in [-0.05, 0) is 85.6 Å². The van der Waals surface area contributed by atoms with Crippen LogP contribution in [0.3, 0.4) is 0 Å². The zero-order chi connectivity index (χ0) is 33.6. The molecule has 0 saturated carbocycles. The monoisotopic (exact) mass is 713 g/mol. The molecule has 0 bridgehead atoms. The van der Waals surface area contributed by atoms with Crippen molar-refractivity contribution in [3.05, 3.63) is 129 Å². The number of aliphatic hydroxyl groups is 1. The van der Waals surface area contributed by atoms with Crippen LogP contribution in [0.5, 0.6) is 5.75 Å². The van der Waals surface area contributed by atoms with Crippen molar-refractivity contribution in [1.29, 1.82) is 0 Å². The molecule has 0 spiro atoms. The summed E-state index contributed by atoms with van der Waals surface area (Å²) in [6.45, 7) is 4.25. The summed E-state index contributed by atoms with van der Waals surface area (Å²) in [7, 11) is -4.16. The number of hydrazone groups is 1. The zero-order valence-corrected chi connectivity index (χ0v) is 28.7. The lowest BCUT2D eigenvalue weighted by molar-refractivity contribution is -0.0461.